The predicted octanol–water partition coefficient (Wildman–Crippen LogP) is 3.34. The number of hydrazine groups is 1. The van der Waals surface area contributed by atoms with E-state index in [2.05, 4.69) is 5.43 Å². The lowest BCUT2D eigenvalue weighted by atomic mass is 10.2. The van der Waals surface area contributed by atoms with Crippen LogP contribution in [0.15, 0.2) is 53.4 Å². The van der Waals surface area contributed by atoms with Crippen molar-refractivity contribution < 1.29 is 19.4 Å². The number of nitrogens with zero attached hydrogens (tertiary/aromatic N) is 1. The van der Waals surface area contributed by atoms with E-state index in [1.165, 1.54) is 6.07 Å². The number of aromatic hydroxyl groups is 1. The Balaban J connectivity index is 1.78. The fourth-order valence-corrected chi connectivity index (χ4v) is 3.54. The number of ether oxygens (including phenoxy) is 1. The van der Waals surface area contributed by atoms with E-state index in [0.717, 1.165) is 16.8 Å². The van der Waals surface area contributed by atoms with E-state index >= 15 is 0 Å². The highest BCUT2D eigenvalue weighted by atomic mass is 32.2. The molecule has 1 aliphatic heterocycles. The molecule has 1 aliphatic rings. The Kier molecular flexibility index (Phi) is 5.78. The summed E-state index contributed by atoms with van der Waals surface area (Å²) < 4.78 is 5.58. The molecule has 0 unspecified atom stereocenters. The fourth-order valence-electron chi connectivity index (χ4n) is 2.36. The monoisotopic (exact) mass is 400 g/mol. The number of hydrogen-bond donors (Lipinski definition) is 2. The Morgan fingerprint density at radius 3 is 2.74 bits per heavy atom. The van der Waals surface area contributed by atoms with Crippen molar-refractivity contribution in [3.63, 3.8) is 0 Å². The van der Waals surface area contributed by atoms with Crippen molar-refractivity contribution in [2.45, 2.75) is 6.92 Å². The first-order chi connectivity index (χ1) is 13.0. The second-order valence-corrected chi connectivity index (χ2v) is 7.16. The summed E-state index contributed by atoms with van der Waals surface area (Å²) in [7, 11) is 0. The van der Waals surface area contributed by atoms with Gasteiger partial charge in [-0.25, -0.2) is 0 Å². The summed E-state index contributed by atoms with van der Waals surface area (Å²) in [5.41, 5.74) is 3.63. The SMILES string of the molecule is CCOc1cc(/C=C2/SC(=S)N(NC(=O)c3ccccc3)C2=O)ccc1O. The number of thiocarbonyl (C=S) groups is 1. The van der Waals surface area contributed by atoms with Crippen molar-refractivity contribution in [3.05, 3.63) is 64.6 Å². The van der Waals surface area contributed by atoms with Crippen LogP contribution in [0.3, 0.4) is 0 Å². The summed E-state index contributed by atoms with van der Waals surface area (Å²) in [6.45, 7) is 2.22. The summed E-state index contributed by atoms with van der Waals surface area (Å²) in [5, 5.41) is 10.8. The molecule has 0 atom stereocenters. The van der Waals surface area contributed by atoms with Crippen LogP contribution in [-0.4, -0.2) is 32.9 Å². The van der Waals surface area contributed by atoms with E-state index in [0.29, 0.717) is 28.4 Å². The number of phenolic OH excluding ortho intramolecular Hbond substituents is 1. The molecule has 2 amide bonds. The van der Waals surface area contributed by atoms with Gasteiger partial charge in [0.25, 0.3) is 11.8 Å². The van der Waals surface area contributed by atoms with Crippen LogP contribution in [0.1, 0.15) is 22.8 Å². The van der Waals surface area contributed by atoms with Gasteiger partial charge in [0.15, 0.2) is 15.8 Å². The van der Waals surface area contributed by atoms with Gasteiger partial charge in [0.05, 0.1) is 11.5 Å². The Hall–Kier alpha value is -2.84. The highest BCUT2D eigenvalue weighted by Crippen LogP contribution is 2.33. The molecule has 0 bridgehead atoms. The van der Waals surface area contributed by atoms with E-state index in [1.54, 1.807) is 48.5 Å². The van der Waals surface area contributed by atoms with Crippen LogP contribution < -0.4 is 10.2 Å². The Morgan fingerprint density at radius 1 is 1.30 bits per heavy atom. The van der Waals surface area contributed by atoms with Gasteiger partial charge in [0.2, 0.25) is 0 Å². The Labute approximate surface area is 165 Å². The van der Waals surface area contributed by atoms with Crippen molar-refractivity contribution >= 4 is 46.2 Å². The minimum Gasteiger partial charge on any atom is -0.504 e. The number of benzene rings is 2. The molecule has 1 heterocycles. The van der Waals surface area contributed by atoms with Crippen molar-refractivity contribution in [3.8, 4) is 11.5 Å². The minimum atomic E-state index is -0.420. The molecule has 6 nitrogen and oxygen atoms in total. The van der Waals surface area contributed by atoms with Gasteiger partial charge in [0, 0.05) is 5.56 Å². The van der Waals surface area contributed by atoms with Crippen LogP contribution >= 0.6 is 24.0 Å². The quantitative estimate of drug-likeness (QED) is 0.592. The van der Waals surface area contributed by atoms with Gasteiger partial charge in [-0.3, -0.25) is 15.0 Å². The molecule has 0 spiro atoms. The zero-order valence-electron chi connectivity index (χ0n) is 14.3. The first-order valence-electron chi connectivity index (χ1n) is 8.09. The first kappa shape index (κ1) is 18.9. The standard InChI is InChI=1S/C19H16N2O4S2/c1-2-25-15-10-12(8-9-14(15)22)11-16-18(24)21(19(26)27-16)20-17(23)13-6-4-3-5-7-13/h3-11,22H,2H2,1H3,(H,20,23)/b16-11+. The van der Waals surface area contributed by atoms with Crippen LogP contribution in [0.25, 0.3) is 6.08 Å². The number of hydrogen-bond acceptors (Lipinski definition) is 6. The molecule has 1 fully saturated rings. The number of thioether (sulfide) groups is 1. The van der Waals surface area contributed by atoms with Gasteiger partial charge in [-0.1, -0.05) is 36.0 Å². The van der Waals surface area contributed by atoms with Gasteiger partial charge >= 0.3 is 0 Å². The molecule has 0 saturated carbocycles. The van der Waals surface area contributed by atoms with Crippen LogP contribution in [0, 0.1) is 0 Å². The normalized spacial score (nSPS) is 15.3. The molecule has 2 N–H and O–H groups in total. The summed E-state index contributed by atoms with van der Waals surface area (Å²) in [6.07, 6.45) is 1.63. The molecule has 138 valence electrons. The number of phenols is 1. The molecular formula is C19H16N2O4S2. The van der Waals surface area contributed by atoms with Crippen LogP contribution in [0.5, 0.6) is 11.5 Å². The van der Waals surface area contributed by atoms with Crippen LogP contribution in [0.2, 0.25) is 0 Å². The van der Waals surface area contributed by atoms with Crippen LogP contribution in [-0.2, 0) is 4.79 Å². The Bertz CT molecular complexity index is 929. The molecule has 0 aromatic heterocycles. The molecular weight excluding hydrogens is 384 g/mol. The first-order valence-corrected chi connectivity index (χ1v) is 9.32. The van der Waals surface area contributed by atoms with E-state index in [9.17, 15) is 14.7 Å². The Morgan fingerprint density at radius 2 is 2.04 bits per heavy atom. The van der Waals surface area contributed by atoms with Gasteiger partial charge in [-0.15, -0.1) is 0 Å². The number of nitrogens with one attached hydrogen (secondary N) is 1. The van der Waals surface area contributed by atoms with Gasteiger partial charge in [-0.05, 0) is 55.0 Å². The van der Waals surface area contributed by atoms with E-state index in [4.69, 9.17) is 17.0 Å². The number of amides is 2. The van der Waals surface area contributed by atoms with E-state index in [1.807, 2.05) is 6.92 Å². The molecule has 1 saturated heterocycles. The fraction of sp³-hybridized carbons (Fsp3) is 0.105. The molecule has 2 aromatic rings. The third-order valence-corrected chi connectivity index (χ3v) is 4.93. The average molecular weight is 400 g/mol. The van der Waals surface area contributed by atoms with Crippen molar-refractivity contribution in [1.82, 2.24) is 10.4 Å². The second kappa shape index (κ2) is 8.24. The molecule has 8 heteroatoms. The smallest absolute Gasteiger partial charge is 0.285 e. The lowest BCUT2D eigenvalue weighted by molar-refractivity contribution is -0.123. The molecule has 3 rings (SSSR count). The van der Waals surface area contributed by atoms with Crippen LogP contribution in [0.4, 0.5) is 0 Å². The average Bonchev–Trinajstić information content (AvgIpc) is 2.92. The predicted molar refractivity (Wildman–Crippen MR) is 108 cm³/mol. The maximum atomic E-state index is 12.6. The van der Waals surface area contributed by atoms with Crippen molar-refractivity contribution in [1.29, 1.82) is 0 Å². The third-order valence-electron chi connectivity index (χ3n) is 3.62. The minimum absolute atomic E-state index is 0.0247. The zero-order valence-corrected chi connectivity index (χ0v) is 16.0. The van der Waals surface area contributed by atoms with E-state index in [-0.39, 0.29) is 10.1 Å². The molecule has 2 aromatic carbocycles. The number of rotatable bonds is 5. The van der Waals surface area contributed by atoms with Gasteiger partial charge in [0.1, 0.15) is 0 Å². The maximum absolute atomic E-state index is 12.6. The topological polar surface area (TPSA) is 78.9 Å². The zero-order chi connectivity index (χ0) is 19.4. The maximum Gasteiger partial charge on any atom is 0.285 e. The third kappa shape index (κ3) is 4.29. The summed E-state index contributed by atoms with van der Waals surface area (Å²) in [4.78, 5) is 25.3. The highest BCUT2D eigenvalue weighted by Gasteiger charge is 2.33. The summed E-state index contributed by atoms with van der Waals surface area (Å²) in [5.74, 6) is -0.479. The summed E-state index contributed by atoms with van der Waals surface area (Å²) >= 11 is 6.30. The lowest BCUT2D eigenvalue weighted by Crippen LogP contribution is -2.44. The number of carbonyl (C=O) groups excluding carboxylic acids is 2. The largest absolute Gasteiger partial charge is 0.504 e. The van der Waals surface area contributed by atoms with Crippen molar-refractivity contribution in [2.75, 3.05) is 6.61 Å². The molecule has 0 radical (unpaired) electrons. The number of carbonyl (C=O) groups is 2. The molecule has 27 heavy (non-hydrogen) atoms. The van der Waals surface area contributed by atoms with Crippen molar-refractivity contribution in [2.24, 2.45) is 0 Å². The summed E-state index contributed by atoms with van der Waals surface area (Å²) in [6, 6.07) is 13.4. The lowest BCUT2D eigenvalue weighted by Gasteiger charge is -2.15. The molecule has 0 aliphatic carbocycles. The highest BCUT2D eigenvalue weighted by molar-refractivity contribution is 8.26. The second-order valence-electron chi connectivity index (χ2n) is 5.48. The van der Waals surface area contributed by atoms with E-state index < -0.39 is 11.8 Å². The van der Waals surface area contributed by atoms with Gasteiger partial charge < -0.3 is 9.84 Å². The van der Waals surface area contributed by atoms with Gasteiger partial charge in [-0.2, -0.15) is 5.01 Å².